The Morgan fingerprint density at radius 3 is 2.71 bits per heavy atom. The quantitative estimate of drug-likeness (QED) is 0.721. The molecule has 0 amide bonds. The van der Waals surface area contributed by atoms with Crippen molar-refractivity contribution in [2.75, 3.05) is 0 Å². The van der Waals surface area contributed by atoms with E-state index in [0.29, 0.717) is 10.2 Å². The van der Waals surface area contributed by atoms with Gasteiger partial charge in [0.05, 0.1) is 22.7 Å². The van der Waals surface area contributed by atoms with Gasteiger partial charge in [0, 0.05) is 6.07 Å². The molecule has 1 fully saturated rings. The van der Waals surface area contributed by atoms with Crippen LogP contribution >= 0.6 is 12.2 Å². The lowest BCUT2D eigenvalue weighted by atomic mass is 10.2. The molecule has 0 radical (unpaired) electrons. The average Bonchev–Trinajstić information content (AvgIpc) is 3.08. The van der Waals surface area contributed by atoms with Crippen molar-refractivity contribution in [1.29, 1.82) is 0 Å². The van der Waals surface area contributed by atoms with Gasteiger partial charge in [-0.2, -0.15) is 0 Å². The summed E-state index contributed by atoms with van der Waals surface area (Å²) in [6.07, 6.45) is 4.92. The topological polar surface area (TPSA) is 47.0 Å². The molecule has 0 aliphatic heterocycles. The highest BCUT2D eigenvalue weighted by Crippen LogP contribution is 2.25. The van der Waals surface area contributed by atoms with Gasteiger partial charge in [-0.25, -0.2) is 0 Å². The number of hydrogen-bond donors (Lipinski definition) is 1. The van der Waals surface area contributed by atoms with Crippen molar-refractivity contribution >= 4 is 23.1 Å². The second-order valence-electron chi connectivity index (χ2n) is 6.14. The summed E-state index contributed by atoms with van der Waals surface area (Å²) < 4.78 is 7.96. The van der Waals surface area contributed by atoms with Crippen LogP contribution in [0, 0.1) is 4.77 Å². The summed E-state index contributed by atoms with van der Waals surface area (Å²) in [4.78, 5) is 16.0. The smallest absolute Gasteiger partial charge is 0.266 e. The first-order valence-electron chi connectivity index (χ1n) is 8.23. The Hall–Kier alpha value is -2.40. The van der Waals surface area contributed by atoms with Crippen LogP contribution in [0.2, 0.25) is 0 Å². The molecule has 0 bridgehead atoms. The number of aromatic amines is 1. The van der Waals surface area contributed by atoms with Crippen LogP contribution in [0.15, 0.2) is 53.3 Å². The molecule has 1 saturated carbocycles. The zero-order chi connectivity index (χ0) is 16.5. The van der Waals surface area contributed by atoms with Crippen molar-refractivity contribution in [3.63, 3.8) is 0 Å². The molecule has 1 aliphatic rings. The van der Waals surface area contributed by atoms with Crippen molar-refractivity contribution in [3.8, 4) is 11.4 Å². The fourth-order valence-corrected chi connectivity index (χ4v) is 3.59. The van der Waals surface area contributed by atoms with Gasteiger partial charge >= 0.3 is 0 Å². The van der Waals surface area contributed by atoms with Gasteiger partial charge in [0.25, 0.3) is 5.56 Å². The Morgan fingerprint density at radius 2 is 1.88 bits per heavy atom. The van der Waals surface area contributed by atoms with E-state index in [1.54, 1.807) is 6.07 Å². The highest BCUT2D eigenvalue weighted by atomic mass is 32.1. The normalized spacial score (nSPS) is 15.0. The Balaban J connectivity index is 1.80. The average molecular weight is 338 g/mol. The monoisotopic (exact) mass is 338 g/mol. The molecule has 4 nitrogen and oxygen atoms in total. The number of nitrogens with one attached hydrogen (secondary N) is 1. The van der Waals surface area contributed by atoms with Crippen LogP contribution in [-0.2, 0) is 0 Å². The number of hydrogen-bond acceptors (Lipinski definition) is 3. The van der Waals surface area contributed by atoms with Crippen molar-refractivity contribution < 1.29 is 4.74 Å². The lowest BCUT2D eigenvalue weighted by Gasteiger charge is -2.14. The molecule has 1 N–H and O–H groups in total. The molecule has 1 heterocycles. The molecule has 0 atom stereocenters. The summed E-state index contributed by atoms with van der Waals surface area (Å²) in [6.45, 7) is 0. The van der Waals surface area contributed by atoms with E-state index in [1.165, 1.54) is 17.4 Å². The molecule has 0 unspecified atom stereocenters. The molecular formula is C19H18N2O2S. The van der Waals surface area contributed by atoms with Gasteiger partial charge in [0.2, 0.25) is 0 Å². The van der Waals surface area contributed by atoms with E-state index in [9.17, 15) is 4.79 Å². The third kappa shape index (κ3) is 2.76. The summed E-state index contributed by atoms with van der Waals surface area (Å²) in [7, 11) is 0. The number of benzene rings is 2. The van der Waals surface area contributed by atoms with Gasteiger partial charge in [-0.1, -0.05) is 18.2 Å². The van der Waals surface area contributed by atoms with Gasteiger partial charge in [-0.15, -0.1) is 0 Å². The number of rotatable bonds is 3. The van der Waals surface area contributed by atoms with Crippen LogP contribution in [0.4, 0.5) is 0 Å². The summed E-state index contributed by atoms with van der Waals surface area (Å²) in [5, 5.41) is 0.619. The van der Waals surface area contributed by atoms with E-state index in [4.69, 9.17) is 17.0 Å². The van der Waals surface area contributed by atoms with Crippen LogP contribution in [0.25, 0.3) is 16.6 Å². The Kier molecular flexibility index (Phi) is 3.94. The van der Waals surface area contributed by atoms with Crippen LogP contribution in [-0.4, -0.2) is 15.7 Å². The fourth-order valence-electron chi connectivity index (χ4n) is 3.29. The minimum Gasteiger partial charge on any atom is -0.490 e. The summed E-state index contributed by atoms with van der Waals surface area (Å²) >= 11 is 5.40. The van der Waals surface area contributed by atoms with Gasteiger partial charge in [-0.3, -0.25) is 9.36 Å². The van der Waals surface area contributed by atoms with E-state index in [2.05, 4.69) is 4.98 Å². The van der Waals surface area contributed by atoms with E-state index in [1.807, 2.05) is 42.5 Å². The molecule has 1 aromatic heterocycles. The van der Waals surface area contributed by atoms with Crippen LogP contribution < -0.4 is 10.3 Å². The Morgan fingerprint density at radius 1 is 1.08 bits per heavy atom. The lowest BCUT2D eigenvalue weighted by Crippen LogP contribution is -2.20. The SMILES string of the molecule is O=c1c2ccccc2[nH]c(=S)n1-c1cccc(OC2CCCC2)c1. The summed E-state index contributed by atoms with van der Waals surface area (Å²) in [5.41, 5.74) is 1.36. The van der Waals surface area contributed by atoms with Crippen molar-refractivity contribution in [1.82, 2.24) is 9.55 Å². The summed E-state index contributed by atoms with van der Waals surface area (Å²) in [6, 6.07) is 15.0. The second kappa shape index (κ2) is 6.24. The van der Waals surface area contributed by atoms with Crippen molar-refractivity contribution in [2.24, 2.45) is 0 Å². The first kappa shape index (κ1) is 15.1. The van der Waals surface area contributed by atoms with Crippen LogP contribution in [0.1, 0.15) is 25.7 Å². The lowest BCUT2D eigenvalue weighted by molar-refractivity contribution is 0.210. The highest BCUT2D eigenvalue weighted by molar-refractivity contribution is 7.71. The predicted octanol–water partition coefficient (Wildman–Crippen LogP) is 4.37. The zero-order valence-corrected chi connectivity index (χ0v) is 14.0. The summed E-state index contributed by atoms with van der Waals surface area (Å²) in [5.74, 6) is 0.786. The zero-order valence-electron chi connectivity index (χ0n) is 13.2. The number of ether oxygens (including phenoxy) is 1. The highest BCUT2D eigenvalue weighted by Gasteiger charge is 2.17. The van der Waals surface area contributed by atoms with Gasteiger partial charge in [0.1, 0.15) is 5.75 Å². The molecule has 3 aromatic rings. The maximum Gasteiger partial charge on any atom is 0.266 e. The standard InChI is InChI=1S/C19H18N2O2S/c22-18-16-10-3-4-11-17(16)20-19(24)21(18)13-6-5-9-15(12-13)23-14-7-1-2-8-14/h3-6,9-12,14H,1-2,7-8H2,(H,20,24). The number of para-hydroxylation sites is 1. The van der Waals surface area contributed by atoms with E-state index in [0.717, 1.165) is 29.8 Å². The van der Waals surface area contributed by atoms with Gasteiger partial charge in [-0.05, 0) is 62.2 Å². The molecule has 24 heavy (non-hydrogen) atoms. The molecule has 5 heteroatoms. The molecule has 4 rings (SSSR count). The maximum absolute atomic E-state index is 12.8. The van der Waals surface area contributed by atoms with Crippen molar-refractivity contribution in [3.05, 3.63) is 63.7 Å². The third-order valence-electron chi connectivity index (χ3n) is 4.49. The second-order valence-corrected chi connectivity index (χ2v) is 6.52. The third-order valence-corrected chi connectivity index (χ3v) is 4.77. The number of H-pyrrole nitrogens is 1. The molecule has 1 aliphatic carbocycles. The van der Waals surface area contributed by atoms with Gasteiger partial charge in [0.15, 0.2) is 4.77 Å². The maximum atomic E-state index is 12.8. The van der Waals surface area contributed by atoms with Crippen LogP contribution in [0.5, 0.6) is 5.75 Å². The first-order valence-corrected chi connectivity index (χ1v) is 8.64. The minimum absolute atomic E-state index is 0.118. The molecule has 0 spiro atoms. The van der Waals surface area contributed by atoms with E-state index < -0.39 is 0 Å². The van der Waals surface area contributed by atoms with Crippen molar-refractivity contribution in [2.45, 2.75) is 31.8 Å². The largest absolute Gasteiger partial charge is 0.490 e. The van der Waals surface area contributed by atoms with E-state index in [-0.39, 0.29) is 11.7 Å². The number of fused-ring (bicyclic) bond motifs is 1. The fraction of sp³-hybridized carbons (Fsp3) is 0.263. The number of aromatic nitrogens is 2. The molecule has 122 valence electrons. The van der Waals surface area contributed by atoms with Gasteiger partial charge < -0.3 is 9.72 Å². The van der Waals surface area contributed by atoms with Crippen LogP contribution in [0.3, 0.4) is 0 Å². The Labute approximate surface area is 144 Å². The molecule has 2 aromatic carbocycles. The molecule has 0 saturated heterocycles. The number of nitrogens with zero attached hydrogens (tertiary/aromatic N) is 1. The minimum atomic E-state index is -0.118. The Bertz CT molecular complexity index is 1000. The first-order chi connectivity index (χ1) is 11.7. The predicted molar refractivity (Wildman–Crippen MR) is 97.6 cm³/mol. The van der Waals surface area contributed by atoms with E-state index >= 15 is 0 Å². The molecular weight excluding hydrogens is 320 g/mol.